The molecule has 0 saturated carbocycles. The van der Waals surface area contributed by atoms with Crippen LogP contribution >= 0.6 is 0 Å². The Balaban J connectivity index is 2.26. The van der Waals surface area contributed by atoms with Gasteiger partial charge >= 0.3 is 0 Å². The Labute approximate surface area is 128 Å². The summed E-state index contributed by atoms with van der Waals surface area (Å²) >= 11 is 0. The van der Waals surface area contributed by atoms with Crippen LogP contribution in [0.1, 0.15) is 51.7 Å². The van der Waals surface area contributed by atoms with Gasteiger partial charge in [-0.15, -0.1) is 0 Å². The minimum absolute atomic E-state index is 0.210. The molecular formula is C18H28N2O. The van der Waals surface area contributed by atoms with Gasteiger partial charge in [-0.3, -0.25) is 4.79 Å². The fourth-order valence-corrected chi connectivity index (χ4v) is 2.84. The van der Waals surface area contributed by atoms with E-state index in [2.05, 4.69) is 25.1 Å². The van der Waals surface area contributed by atoms with Gasteiger partial charge in [0, 0.05) is 23.7 Å². The monoisotopic (exact) mass is 288 g/mol. The van der Waals surface area contributed by atoms with E-state index in [0.717, 1.165) is 37.9 Å². The minimum Gasteiger partial charge on any atom is -0.327 e. The van der Waals surface area contributed by atoms with Crippen LogP contribution in [0.2, 0.25) is 0 Å². The van der Waals surface area contributed by atoms with Gasteiger partial charge in [-0.05, 0) is 42.9 Å². The summed E-state index contributed by atoms with van der Waals surface area (Å²) in [4.78, 5) is 14.6. The highest BCUT2D eigenvalue weighted by atomic mass is 16.2. The molecule has 1 heterocycles. The molecule has 1 aromatic carbocycles. The molecular weight excluding hydrogens is 260 g/mol. The topological polar surface area (TPSA) is 46.3 Å². The SMILES string of the molecule is CCC(N)Cc1ccc2c(c1)CCCN2C(=O)C(C)(C)C. The molecule has 116 valence electrons. The predicted octanol–water partition coefficient (Wildman–Crippen LogP) is 3.29. The van der Waals surface area contributed by atoms with Gasteiger partial charge in [-0.25, -0.2) is 0 Å². The highest BCUT2D eigenvalue weighted by molar-refractivity contribution is 5.97. The second kappa shape index (κ2) is 6.18. The molecule has 1 aliphatic heterocycles. The van der Waals surface area contributed by atoms with Crippen LogP contribution in [-0.2, 0) is 17.6 Å². The number of hydrogen-bond acceptors (Lipinski definition) is 2. The average molecular weight is 288 g/mol. The third-order valence-electron chi connectivity index (χ3n) is 4.17. The number of amides is 1. The molecule has 1 amide bonds. The molecule has 1 aliphatic rings. The zero-order chi connectivity index (χ0) is 15.6. The van der Waals surface area contributed by atoms with Crippen molar-refractivity contribution >= 4 is 11.6 Å². The lowest BCUT2D eigenvalue weighted by Gasteiger charge is -2.34. The van der Waals surface area contributed by atoms with Crippen molar-refractivity contribution in [2.45, 2.75) is 59.4 Å². The van der Waals surface area contributed by atoms with Crippen molar-refractivity contribution < 1.29 is 4.79 Å². The van der Waals surface area contributed by atoms with Crippen LogP contribution in [0.5, 0.6) is 0 Å². The first-order valence-corrected chi connectivity index (χ1v) is 8.02. The first kappa shape index (κ1) is 16.0. The highest BCUT2D eigenvalue weighted by Gasteiger charge is 2.30. The Kier molecular flexibility index (Phi) is 4.72. The Morgan fingerprint density at radius 2 is 2.10 bits per heavy atom. The van der Waals surface area contributed by atoms with Gasteiger partial charge in [0.25, 0.3) is 0 Å². The molecule has 0 fully saturated rings. The molecule has 1 atom stereocenters. The number of nitrogens with two attached hydrogens (primary N) is 1. The van der Waals surface area contributed by atoms with E-state index in [0.29, 0.717) is 0 Å². The van der Waals surface area contributed by atoms with Crippen molar-refractivity contribution in [2.24, 2.45) is 11.1 Å². The molecule has 3 nitrogen and oxygen atoms in total. The zero-order valence-electron chi connectivity index (χ0n) is 13.8. The smallest absolute Gasteiger partial charge is 0.232 e. The highest BCUT2D eigenvalue weighted by Crippen LogP contribution is 2.31. The number of carbonyl (C=O) groups is 1. The zero-order valence-corrected chi connectivity index (χ0v) is 13.8. The van der Waals surface area contributed by atoms with Crippen molar-refractivity contribution in [3.63, 3.8) is 0 Å². The molecule has 3 heteroatoms. The van der Waals surface area contributed by atoms with Crippen molar-refractivity contribution in [1.29, 1.82) is 0 Å². The summed E-state index contributed by atoms with van der Waals surface area (Å²) < 4.78 is 0. The summed E-state index contributed by atoms with van der Waals surface area (Å²) in [6.45, 7) is 8.90. The van der Waals surface area contributed by atoms with Crippen molar-refractivity contribution in [3.8, 4) is 0 Å². The van der Waals surface area contributed by atoms with Gasteiger partial charge in [0.2, 0.25) is 5.91 Å². The standard InChI is InChI=1S/C18H28N2O/c1-5-15(19)12-13-8-9-16-14(11-13)7-6-10-20(16)17(21)18(2,3)4/h8-9,11,15H,5-7,10,12,19H2,1-4H3. The van der Waals surface area contributed by atoms with Gasteiger partial charge in [0.15, 0.2) is 0 Å². The summed E-state index contributed by atoms with van der Waals surface area (Å²) in [5.41, 5.74) is 9.38. The van der Waals surface area contributed by atoms with E-state index >= 15 is 0 Å². The molecule has 21 heavy (non-hydrogen) atoms. The van der Waals surface area contributed by atoms with E-state index < -0.39 is 0 Å². The van der Waals surface area contributed by atoms with E-state index in [4.69, 9.17) is 5.73 Å². The molecule has 0 spiro atoms. The molecule has 0 bridgehead atoms. The number of fused-ring (bicyclic) bond motifs is 1. The Hall–Kier alpha value is -1.35. The number of anilines is 1. The maximum absolute atomic E-state index is 12.6. The van der Waals surface area contributed by atoms with E-state index in [1.54, 1.807) is 0 Å². The Bertz CT molecular complexity index is 516. The van der Waals surface area contributed by atoms with E-state index in [1.807, 2.05) is 25.7 Å². The van der Waals surface area contributed by atoms with Crippen LogP contribution in [0.4, 0.5) is 5.69 Å². The summed E-state index contributed by atoms with van der Waals surface area (Å²) in [6.07, 6.45) is 4.00. The molecule has 1 unspecified atom stereocenters. The second-order valence-electron chi connectivity index (χ2n) is 7.15. The number of aryl methyl sites for hydroxylation is 1. The number of rotatable bonds is 3. The van der Waals surface area contributed by atoms with E-state index in [9.17, 15) is 4.79 Å². The summed E-state index contributed by atoms with van der Waals surface area (Å²) in [5, 5.41) is 0. The molecule has 1 aromatic rings. The van der Waals surface area contributed by atoms with E-state index in [1.165, 1.54) is 11.1 Å². The molecule has 2 rings (SSSR count). The molecule has 0 aromatic heterocycles. The maximum atomic E-state index is 12.6. The predicted molar refractivity (Wildman–Crippen MR) is 88.5 cm³/mol. The molecule has 2 N–H and O–H groups in total. The number of carbonyl (C=O) groups excluding carboxylic acids is 1. The third kappa shape index (κ3) is 3.65. The first-order valence-electron chi connectivity index (χ1n) is 8.02. The van der Waals surface area contributed by atoms with Gasteiger partial charge in [-0.1, -0.05) is 39.8 Å². The first-order chi connectivity index (χ1) is 9.82. The van der Waals surface area contributed by atoms with E-state index in [-0.39, 0.29) is 17.4 Å². The summed E-state index contributed by atoms with van der Waals surface area (Å²) in [5.74, 6) is 0.210. The van der Waals surface area contributed by atoms with Crippen LogP contribution in [0.25, 0.3) is 0 Å². The lowest BCUT2D eigenvalue weighted by Crippen LogP contribution is -2.42. The van der Waals surface area contributed by atoms with Crippen LogP contribution in [0.15, 0.2) is 18.2 Å². The maximum Gasteiger partial charge on any atom is 0.232 e. The van der Waals surface area contributed by atoms with Crippen molar-refractivity contribution in [2.75, 3.05) is 11.4 Å². The van der Waals surface area contributed by atoms with Gasteiger partial charge in [0.1, 0.15) is 0 Å². The molecule has 0 radical (unpaired) electrons. The molecule has 0 aliphatic carbocycles. The molecule has 0 saturated heterocycles. The quantitative estimate of drug-likeness (QED) is 0.927. The lowest BCUT2D eigenvalue weighted by atomic mass is 9.91. The summed E-state index contributed by atoms with van der Waals surface area (Å²) in [7, 11) is 0. The third-order valence-corrected chi connectivity index (χ3v) is 4.17. The normalized spacial score (nSPS) is 16.5. The lowest BCUT2D eigenvalue weighted by molar-refractivity contribution is -0.125. The fraction of sp³-hybridized carbons (Fsp3) is 0.611. The fourth-order valence-electron chi connectivity index (χ4n) is 2.84. The van der Waals surface area contributed by atoms with Gasteiger partial charge in [-0.2, -0.15) is 0 Å². The van der Waals surface area contributed by atoms with Gasteiger partial charge < -0.3 is 10.6 Å². The van der Waals surface area contributed by atoms with Gasteiger partial charge in [0.05, 0.1) is 0 Å². The summed E-state index contributed by atoms with van der Waals surface area (Å²) in [6, 6.07) is 6.70. The Morgan fingerprint density at radius 3 is 2.71 bits per heavy atom. The van der Waals surface area contributed by atoms with Crippen molar-refractivity contribution in [1.82, 2.24) is 0 Å². The van der Waals surface area contributed by atoms with Crippen molar-refractivity contribution in [3.05, 3.63) is 29.3 Å². The average Bonchev–Trinajstić information content (AvgIpc) is 2.44. The van der Waals surface area contributed by atoms with Crippen LogP contribution in [0.3, 0.4) is 0 Å². The second-order valence-corrected chi connectivity index (χ2v) is 7.15. The largest absolute Gasteiger partial charge is 0.327 e. The van der Waals surface area contributed by atoms with Crippen LogP contribution < -0.4 is 10.6 Å². The number of nitrogens with zero attached hydrogens (tertiary/aromatic N) is 1. The van der Waals surface area contributed by atoms with Crippen LogP contribution in [0, 0.1) is 5.41 Å². The minimum atomic E-state index is -0.335. The Morgan fingerprint density at radius 1 is 1.38 bits per heavy atom. The van der Waals surface area contributed by atoms with Crippen LogP contribution in [-0.4, -0.2) is 18.5 Å². The number of hydrogen-bond donors (Lipinski definition) is 1. The number of benzene rings is 1.